The van der Waals surface area contributed by atoms with E-state index in [4.69, 9.17) is 9.73 Å². The predicted octanol–water partition coefficient (Wildman–Crippen LogP) is 3.55. The molecule has 0 bridgehead atoms. The van der Waals surface area contributed by atoms with Gasteiger partial charge in [0, 0.05) is 37.2 Å². The highest BCUT2D eigenvalue weighted by Crippen LogP contribution is 2.31. The monoisotopic (exact) mass is 442 g/mol. The number of aliphatic imine (C=N–C) groups is 1. The molecule has 0 unspecified atom stereocenters. The number of guanidine groups is 1. The van der Waals surface area contributed by atoms with E-state index in [9.17, 15) is 0 Å². The average molecular weight is 443 g/mol. The van der Waals surface area contributed by atoms with Crippen molar-refractivity contribution in [1.29, 1.82) is 0 Å². The van der Waals surface area contributed by atoms with E-state index >= 15 is 0 Å². The van der Waals surface area contributed by atoms with Gasteiger partial charge in [-0.1, -0.05) is 0 Å². The van der Waals surface area contributed by atoms with Gasteiger partial charge in [0.25, 0.3) is 0 Å². The molecule has 0 atom stereocenters. The third-order valence-electron chi connectivity index (χ3n) is 5.44. The molecule has 0 radical (unpaired) electrons. The normalized spacial score (nSPS) is 21.1. The summed E-state index contributed by atoms with van der Waals surface area (Å²) in [5.74, 6) is 1.00. The third-order valence-corrected chi connectivity index (χ3v) is 7.05. The fourth-order valence-corrected chi connectivity index (χ4v) is 5.49. The first-order chi connectivity index (χ1) is 12.6. The summed E-state index contributed by atoms with van der Waals surface area (Å²) in [4.78, 5) is 11.3. The van der Waals surface area contributed by atoms with Crippen molar-refractivity contribution in [3.05, 3.63) is 20.8 Å². The van der Waals surface area contributed by atoms with E-state index in [1.807, 2.05) is 0 Å². The molecule has 2 saturated heterocycles. The Morgan fingerprint density at radius 2 is 2.08 bits per heavy atom. The average Bonchev–Trinajstić information content (AvgIpc) is 3.31. The van der Waals surface area contributed by atoms with Crippen LogP contribution in [0.25, 0.3) is 0 Å². The molecule has 0 aliphatic carbocycles. The van der Waals surface area contributed by atoms with E-state index in [1.54, 1.807) is 11.3 Å². The van der Waals surface area contributed by atoms with Crippen LogP contribution in [0, 0.1) is 0 Å². The number of likely N-dealkylation sites (tertiary alicyclic amines) is 1. The molecule has 5 nitrogen and oxygen atoms in total. The number of halogens is 1. The van der Waals surface area contributed by atoms with E-state index < -0.39 is 0 Å². The summed E-state index contributed by atoms with van der Waals surface area (Å²) >= 11 is 5.34. The van der Waals surface area contributed by atoms with Crippen LogP contribution in [-0.4, -0.2) is 67.7 Å². The van der Waals surface area contributed by atoms with Crippen molar-refractivity contribution in [3.8, 4) is 0 Å². The first-order valence-corrected chi connectivity index (χ1v) is 11.3. The molecule has 2 fully saturated rings. The molecular formula is C19H31BrN4OS. The Morgan fingerprint density at radius 3 is 2.69 bits per heavy atom. The Balaban J connectivity index is 1.71. The Hall–Kier alpha value is -0.630. The molecular weight excluding hydrogens is 412 g/mol. The standard InChI is InChI=1S/C19H31BrN4OS/c1-3-21-18(23(2)14-16-6-7-17(20)26-16)22-15-19(8-12-25-13-9-19)24-10-4-5-11-24/h6-7H,3-5,8-15H2,1-2H3,(H,21,22). The van der Waals surface area contributed by atoms with Gasteiger partial charge in [-0.15, -0.1) is 11.3 Å². The maximum atomic E-state index is 5.66. The molecule has 1 N–H and O–H groups in total. The van der Waals surface area contributed by atoms with Gasteiger partial charge in [-0.3, -0.25) is 9.89 Å². The summed E-state index contributed by atoms with van der Waals surface area (Å²) in [6.45, 7) is 8.91. The molecule has 0 spiro atoms. The van der Waals surface area contributed by atoms with Gasteiger partial charge in [-0.2, -0.15) is 0 Å². The van der Waals surface area contributed by atoms with Crippen LogP contribution in [0.5, 0.6) is 0 Å². The van der Waals surface area contributed by atoms with Gasteiger partial charge in [0.15, 0.2) is 5.96 Å². The summed E-state index contributed by atoms with van der Waals surface area (Å²) in [6.07, 6.45) is 4.83. The van der Waals surface area contributed by atoms with Gasteiger partial charge in [0.05, 0.1) is 16.9 Å². The lowest BCUT2D eigenvalue weighted by atomic mass is 9.88. The zero-order valence-corrected chi connectivity index (χ0v) is 18.4. The number of hydrogen-bond donors (Lipinski definition) is 1. The molecule has 0 saturated carbocycles. The lowest BCUT2D eigenvalue weighted by Crippen LogP contribution is -2.54. The highest BCUT2D eigenvalue weighted by molar-refractivity contribution is 9.11. The quantitative estimate of drug-likeness (QED) is 0.539. The van der Waals surface area contributed by atoms with Crippen LogP contribution < -0.4 is 5.32 Å². The highest BCUT2D eigenvalue weighted by atomic mass is 79.9. The van der Waals surface area contributed by atoms with Crippen molar-refractivity contribution in [2.75, 3.05) is 46.4 Å². The van der Waals surface area contributed by atoms with Crippen LogP contribution in [-0.2, 0) is 11.3 Å². The maximum absolute atomic E-state index is 5.66. The number of hydrogen-bond acceptors (Lipinski definition) is 4. The zero-order valence-electron chi connectivity index (χ0n) is 16.0. The van der Waals surface area contributed by atoms with Gasteiger partial charge in [0.2, 0.25) is 0 Å². The fraction of sp³-hybridized carbons (Fsp3) is 0.737. The van der Waals surface area contributed by atoms with Gasteiger partial charge in [-0.05, 0) is 73.8 Å². The molecule has 2 aliphatic rings. The summed E-state index contributed by atoms with van der Waals surface area (Å²) in [7, 11) is 2.13. The highest BCUT2D eigenvalue weighted by Gasteiger charge is 2.39. The van der Waals surface area contributed by atoms with Crippen LogP contribution in [0.1, 0.15) is 37.5 Å². The fourth-order valence-electron chi connectivity index (χ4n) is 3.95. The number of nitrogens with zero attached hydrogens (tertiary/aromatic N) is 3. The molecule has 0 aromatic carbocycles. The molecule has 2 aliphatic heterocycles. The molecule has 1 aromatic heterocycles. The minimum Gasteiger partial charge on any atom is -0.381 e. The molecule has 7 heteroatoms. The summed E-state index contributed by atoms with van der Waals surface area (Å²) in [5.41, 5.74) is 0.183. The minimum atomic E-state index is 0.183. The molecule has 1 aromatic rings. The Labute approximate surface area is 169 Å². The minimum absolute atomic E-state index is 0.183. The first kappa shape index (κ1) is 20.1. The second-order valence-corrected chi connectivity index (χ2v) is 9.81. The van der Waals surface area contributed by atoms with Gasteiger partial charge >= 0.3 is 0 Å². The largest absolute Gasteiger partial charge is 0.381 e. The molecule has 146 valence electrons. The van der Waals surface area contributed by atoms with E-state index in [1.165, 1.54) is 34.6 Å². The van der Waals surface area contributed by atoms with Crippen LogP contribution in [0.2, 0.25) is 0 Å². The van der Waals surface area contributed by atoms with Crippen molar-refractivity contribution < 1.29 is 4.74 Å². The summed E-state index contributed by atoms with van der Waals surface area (Å²) in [6, 6.07) is 4.29. The molecule has 0 amide bonds. The van der Waals surface area contributed by atoms with E-state index in [-0.39, 0.29) is 5.54 Å². The third kappa shape index (κ3) is 5.00. The van der Waals surface area contributed by atoms with Gasteiger partial charge < -0.3 is 15.0 Å². The van der Waals surface area contributed by atoms with E-state index in [0.717, 1.165) is 51.6 Å². The van der Waals surface area contributed by atoms with Crippen molar-refractivity contribution in [2.45, 2.75) is 44.7 Å². The van der Waals surface area contributed by atoms with E-state index in [2.05, 4.69) is 57.2 Å². The van der Waals surface area contributed by atoms with Crippen molar-refractivity contribution in [1.82, 2.24) is 15.1 Å². The molecule has 3 heterocycles. The summed E-state index contributed by atoms with van der Waals surface area (Å²) in [5, 5.41) is 3.48. The Morgan fingerprint density at radius 1 is 1.35 bits per heavy atom. The smallest absolute Gasteiger partial charge is 0.194 e. The van der Waals surface area contributed by atoms with Crippen molar-refractivity contribution >= 4 is 33.2 Å². The number of rotatable bonds is 6. The van der Waals surface area contributed by atoms with Gasteiger partial charge in [0.1, 0.15) is 0 Å². The lowest BCUT2D eigenvalue weighted by Gasteiger charge is -2.43. The van der Waals surface area contributed by atoms with Gasteiger partial charge in [-0.25, -0.2) is 0 Å². The Bertz CT molecular complexity index is 594. The summed E-state index contributed by atoms with van der Waals surface area (Å²) < 4.78 is 6.84. The van der Waals surface area contributed by atoms with Crippen molar-refractivity contribution in [2.24, 2.45) is 4.99 Å². The predicted molar refractivity (Wildman–Crippen MR) is 113 cm³/mol. The lowest BCUT2D eigenvalue weighted by molar-refractivity contribution is -0.0139. The van der Waals surface area contributed by atoms with Crippen LogP contribution in [0.15, 0.2) is 20.9 Å². The second kappa shape index (κ2) is 9.53. The first-order valence-electron chi connectivity index (χ1n) is 9.69. The van der Waals surface area contributed by atoms with E-state index in [0.29, 0.717) is 0 Å². The van der Waals surface area contributed by atoms with Crippen LogP contribution >= 0.6 is 27.3 Å². The van der Waals surface area contributed by atoms with Crippen LogP contribution in [0.4, 0.5) is 0 Å². The van der Waals surface area contributed by atoms with Crippen molar-refractivity contribution in [3.63, 3.8) is 0 Å². The molecule has 26 heavy (non-hydrogen) atoms. The number of ether oxygens (including phenoxy) is 1. The van der Waals surface area contributed by atoms with Crippen LogP contribution in [0.3, 0.4) is 0 Å². The maximum Gasteiger partial charge on any atom is 0.194 e. The second-order valence-electron chi connectivity index (χ2n) is 7.26. The molecule has 3 rings (SSSR count). The topological polar surface area (TPSA) is 40.1 Å². The Kier molecular flexibility index (Phi) is 7.37. The number of thiophene rings is 1. The SMILES string of the molecule is CCNC(=NCC1(N2CCCC2)CCOCC1)N(C)Cc1ccc(Br)s1. The number of nitrogens with one attached hydrogen (secondary N) is 1. The zero-order chi connectivity index (χ0) is 18.4.